The highest BCUT2D eigenvalue weighted by molar-refractivity contribution is 9.10. The van der Waals surface area contributed by atoms with Crippen LogP contribution in [0.5, 0.6) is 5.75 Å². The lowest BCUT2D eigenvalue weighted by atomic mass is 9.78. The molecule has 0 atom stereocenters. The molecule has 1 heterocycles. The fraction of sp³-hybridized carbons (Fsp3) is 0.385. The van der Waals surface area contributed by atoms with Gasteiger partial charge in [-0.05, 0) is 53.4 Å². The quantitative estimate of drug-likeness (QED) is 0.940. The molecule has 19 heavy (non-hydrogen) atoms. The van der Waals surface area contributed by atoms with Crippen molar-refractivity contribution in [2.24, 2.45) is 5.73 Å². The molecular formula is C13H14BrN3O2. The molecule has 0 amide bonds. The van der Waals surface area contributed by atoms with Crippen molar-refractivity contribution in [2.45, 2.75) is 24.8 Å². The van der Waals surface area contributed by atoms with E-state index in [1.807, 2.05) is 18.2 Å². The molecular weight excluding hydrogens is 310 g/mol. The Morgan fingerprint density at radius 1 is 1.42 bits per heavy atom. The normalized spacial score (nSPS) is 17.0. The Hall–Kier alpha value is -1.40. The van der Waals surface area contributed by atoms with Crippen LogP contribution in [-0.2, 0) is 5.54 Å². The minimum Gasteiger partial charge on any atom is -0.496 e. The average molecular weight is 324 g/mol. The van der Waals surface area contributed by atoms with Gasteiger partial charge in [-0.2, -0.15) is 4.98 Å². The molecule has 0 aliphatic heterocycles. The van der Waals surface area contributed by atoms with E-state index >= 15 is 0 Å². The number of rotatable bonds is 3. The summed E-state index contributed by atoms with van der Waals surface area (Å²) >= 11 is 3.44. The van der Waals surface area contributed by atoms with Gasteiger partial charge in [0.15, 0.2) is 0 Å². The van der Waals surface area contributed by atoms with E-state index in [0.717, 1.165) is 35.0 Å². The third-order valence-corrected chi connectivity index (χ3v) is 4.13. The van der Waals surface area contributed by atoms with Crippen molar-refractivity contribution in [1.82, 2.24) is 10.1 Å². The lowest BCUT2D eigenvalue weighted by Crippen LogP contribution is -2.43. The van der Waals surface area contributed by atoms with Gasteiger partial charge in [0.05, 0.1) is 17.1 Å². The average Bonchev–Trinajstić information content (AvgIpc) is 2.85. The molecule has 1 aromatic carbocycles. The molecule has 0 unspecified atom stereocenters. The Labute approximate surface area is 119 Å². The van der Waals surface area contributed by atoms with Gasteiger partial charge < -0.3 is 15.0 Å². The molecule has 0 bridgehead atoms. The second-order valence-corrected chi connectivity index (χ2v) is 5.64. The summed E-state index contributed by atoms with van der Waals surface area (Å²) in [7, 11) is 1.63. The summed E-state index contributed by atoms with van der Waals surface area (Å²) in [4.78, 5) is 4.41. The lowest BCUT2D eigenvalue weighted by molar-refractivity contribution is 0.181. The molecule has 2 N–H and O–H groups in total. The van der Waals surface area contributed by atoms with Gasteiger partial charge in [-0.1, -0.05) is 5.16 Å². The van der Waals surface area contributed by atoms with Crippen molar-refractivity contribution in [3.05, 3.63) is 28.6 Å². The number of nitrogens with zero attached hydrogens (tertiary/aromatic N) is 2. The zero-order chi connectivity index (χ0) is 13.5. The second kappa shape index (κ2) is 4.61. The van der Waals surface area contributed by atoms with Gasteiger partial charge in [0.25, 0.3) is 0 Å². The fourth-order valence-corrected chi connectivity index (χ4v) is 2.66. The van der Waals surface area contributed by atoms with Gasteiger partial charge in [-0.25, -0.2) is 0 Å². The fourth-order valence-electron chi connectivity index (χ4n) is 2.12. The standard InChI is InChI=1S/C13H14BrN3O2/c1-18-10-4-3-8(7-9(10)14)11-16-12(19-17-11)13(15)5-2-6-13/h3-4,7H,2,5-6,15H2,1H3. The first kappa shape index (κ1) is 12.6. The van der Waals surface area contributed by atoms with E-state index in [1.165, 1.54) is 0 Å². The number of methoxy groups -OCH3 is 1. The Morgan fingerprint density at radius 2 is 2.21 bits per heavy atom. The zero-order valence-electron chi connectivity index (χ0n) is 10.5. The number of benzene rings is 1. The van der Waals surface area contributed by atoms with Crippen LogP contribution in [0.3, 0.4) is 0 Å². The monoisotopic (exact) mass is 323 g/mol. The minimum absolute atomic E-state index is 0.422. The number of hydrogen-bond acceptors (Lipinski definition) is 5. The molecule has 0 saturated heterocycles. The van der Waals surface area contributed by atoms with E-state index in [-0.39, 0.29) is 0 Å². The highest BCUT2D eigenvalue weighted by Gasteiger charge is 2.39. The summed E-state index contributed by atoms with van der Waals surface area (Å²) in [6.45, 7) is 0. The van der Waals surface area contributed by atoms with E-state index in [2.05, 4.69) is 26.1 Å². The largest absolute Gasteiger partial charge is 0.496 e. The highest BCUT2D eigenvalue weighted by atomic mass is 79.9. The number of halogens is 1. The van der Waals surface area contributed by atoms with Crippen molar-refractivity contribution in [3.63, 3.8) is 0 Å². The smallest absolute Gasteiger partial charge is 0.247 e. The molecule has 5 nitrogen and oxygen atoms in total. The Bertz CT molecular complexity index is 608. The Balaban J connectivity index is 1.92. The van der Waals surface area contributed by atoms with Gasteiger partial charge in [-0.15, -0.1) is 0 Å². The Morgan fingerprint density at radius 3 is 2.79 bits per heavy atom. The van der Waals surface area contributed by atoms with E-state index in [1.54, 1.807) is 7.11 Å². The van der Waals surface area contributed by atoms with Crippen LogP contribution >= 0.6 is 15.9 Å². The Kier molecular flexibility index (Phi) is 3.06. The van der Waals surface area contributed by atoms with Crippen molar-refractivity contribution >= 4 is 15.9 Å². The van der Waals surface area contributed by atoms with E-state index in [0.29, 0.717) is 11.7 Å². The summed E-state index contributed by atoms with van der Waals surface area (Å²) in [5.41, 5.74) is 6.61. The predicted molar refractivity (Wildman–Crippen MR) is 73.7 cm³/mol. The van der Waals surface area contributed by atoms with Gasteiger partial charge in [0, 0.05) is 5.56 Å². The zero-order valence-corrected chi connectivity index (χ0v) is 12.1. The van der Waals surface area contributed by atoms with E-state index in [9.17, 15) is 0 Å². The van der Waals surface area contributed by atoms with Crippen molar-refractivity contribution in [3.8, 4) is 17.1 Å². The van der Waals surface area contributed by atoms with Crippen LogP contribution in [0.15, 0.2) is 27.2 Å². The van der Waals surface area contributed by atoms with E-state index < -0.39 is 5.54 Å². The molecule has 0 radical (unpaired) electrons. The maximum atomic E-state index is 6.17. The first-order valence-electron chi connectivity index (χ1n) is 6.09. The van der Waals surface area contributed by atoms with Crippen molar-refractivity contribution in [1.29, 1.82) is 0 Å². The first-order valence-corrected chi connectivity index (χ1v) is 6.89. The third kappa shape index (κ3) is 2.15. The van der Waals surface area contributed by atoms with Gasteiger partial charge >= 0.3 is 0 Å². The molecule has 1 aliphatic carbocycles. The molecule has 2 aromatic rings. The molecule has 6 heteroatoms. The van der Waals surface area contributed by atoms with Crippen LogP contribution in [0.1, 0.15) is 25.2 Å². The molecule has 3 rings (SSSR count). The maximum absolute atomic E-state index is 6.17. The van der Waals surface area contributed by atoms with Gasteiger partial charge in [0.2, 0.25) is 11.7 Å². The summed E-state index contributed by atoms with van der Waals surface area (Å²) < 4.78 is 11.3. The van der Waals surface area contributed by atoms with Crippen LogP contribution in [0.2, 0.25) is 0 Å². The third-order valence-electron chi connectivity index (χ3n) is 3.51. The van der Waals surface area contributed by atoms with Gasteiger partial charge in [0.1, 0.15) is 5.75 Å². The number of nitrogens with two attached hydrogens (primary N) is 1. The summed E-state index contributed by atoms with van der Waals surface area (Å²) in [5.74, 6) is 1.84. The molecule has 1 saturated carbocycles. The van der Waals surface area contributed by atoms with Crippen LogP contribution in [0.25, 0.3) is 11.4 Å². The van der Waals surface area contributed by atoms with Crippen LogP contribution in [-0.4, -0.2) is 17.3 Å². The van der Waals surface area contributed by atoms with Crippen molar-refractivity contribution < 1.29 is 9.26 Å². The minimum atomic E-state index is -0.422. The summed E-state index contributed by atoms with van der Waals surface area (Å²) in [6, 6.07) is 5.65. The molecule has 1 aliphatic rings. The SMILES string of the molecule is COc1ccc(-c2noc(C3(N)CCC3)n2)cc1Br. The van der Waals surface area contributed by atoms with Crippen LogP contribution in [0, 0.1) is 0 Å². The molecule has 100 valence electrons. The van der Waals surface area contributed by atoms with E-state index in [4.69, 9.17) is 15.0 Å². The maximum Gasteiger partial charge on any atom is 0.247 e. The first-order chi connectivity index (χ1) is 9.12. The topological polar surface area (TPSA) is 74.2 Å². The van der Waals surface area contributed by atoms with Crippen molar-refractivity contribution in [2.75, 3.05) is 7.11 Å². The molecule has 1 fully saturated rings. The summed E-state index contributed by atoms with van der Waals surface area (Å²) in [5, 5.41) is 4.00. The van der Waals surface area contributed by atoms with Gasteiger partial charge in [-0.3, -0.25) is 0 Å². The lowest BCUT2D eigenvalue weighted by Gasteiger charge is -2.33. The highest BCUT2D eigenvalue weighted by Crippen LogP contribution is 2.38. The molecule has 1 aromatic heterocycles. The molecule has 0 spiro atoms. The summed E-state index contributed by atoms with van der Waals surface area (Å²) in [6.07, 6.45) is 2.92. The van der Waals surface area contributed by atoms with Crippen LogP contribution < -0.4 is 10.5 Å². The number of aromatic nitrogens is 2. The number of ether oxygens (including phenoxy) is 1. The van der Waals surface area contributed by atoms with Crippen LogP contribution in [0.4, 0.5) is 0 Å². The predicted octanol–water partition coefficient (Wildman–Crippen LogP) is 2.85. The second-order valence-electron chi connectivity index (χ2n) is 4.78. The number of hydrogen-bond donors (Lipinski definition) is 1.